The van der Waals surface area contributed by atoms with Crippen LogP contribution in [0.15, 0.2) is 27.4 Å². The summed E-state index contributed by atoms with van der Waals surface area (Å²) in [5, 5.41) is 11.6. The zero-order valence-electron chi connectivity index (χ0n) is 16.6. The van der Waals surface area contributed by atoms with Gasteiger partial charge < -0.3 is 9.15 Å². The SMILES string of the molecule is Cc1cc2oc(=O)cc(COC(=O)C[C@@H]3C(=O)C[C@@H](C)[C@H]3C[N+](=O)[O-])c2cc1C. The number of Topliss-reactive ketones (excluding diaryl/α,β-unsaturated/α-hetero) is 1. The molecule has 0 radical (unpaired) electrons. The summed E-state index contributed by atoms with van der Waals surface area (Å²) in [6, 6.07) is 4.91. The number of esters is 1. The van der Waals surface area contributed by atoms with Crippen LogP contribution in [0.4, 0.5) is 0 Å². The highest BCUT2D eigenvalue weighted by molar-refractivity contribution is 5.88. The lowest BCUT2D eigenvalue weighted by atomic mass is 9.88. The molecule has 0 aliphatic heterocycles. The molecule has 0 bridgehead atoms. The van der Waals surface area contributed by atoms with Crippen molar-refractivity contribution in [3.8, 4) is 0 Å². The van der Waals surface area contributed by atoms with Crippen molar-refractivity contribution in [2.24, 2.45) is 17.8 Å². The van der Waals surface area contributed by atoms with Crippen LogP contribution in [0.5, 0.6) is 0 Å². The standard InChI is InChI=1S/C21H23NO7/c1-11-4-15-14(7-21(25)29-19(15)6-12(11)2)10-28-20(24)8-16-17(9-22(26)27)13(3)5-18(16)23/h4,6-7,13,16-17H,5,8-10H2,1-3H3/t13-,16+,17-/m1/s1. The molecule has 1 aliphatic carbocycles. The van der Waals surface area contributed by atoms with Crippen LogP contribution in [0, 0.1) is 41.7 Å². The van der Waals surface area contributed by atoms with Gasteiger partial charge in [0.1, 0.15) is 18.0 Å². The first kappa shape index (κ1) is 20.7. The van der Waals surface area contributed by atoms with Crippen molar-refractivity contribution in [3.63, 3.8) is 0 Å². The van der Waals surface area contributed by atoms with Gasteiger partial charge in [-0.25, -0.2) is 4.79 Å². The molecule has 1 heterocycles. The lowest BCUT2D eigenvalue weighted by molar-refractivity contribution is -0.490. The Kier molecular flexibility index (Phi) is 5.81. The zero-order chi connectivity index (χ0) is 21.3. The normalized spacial score (nSPS) is 21.5. The first-order chi connectivity index (χ1) is 13.7. The van der Waals surface area contributed by atoms with Gasteiger partial charge in [-0.15, -0.1) is 0 Å². The van der Waals surface area contributed by atoms with E-state index >= 15 is 0 Å². The second-order valence-corrected chi connectivity index (χ2v) is 7.82. The van der Waals surface area contributed by atoms with Gasteiger partial charge in [0.25, 0.3) is 0 Å². The van der Waals surface area contributed by atoms with Gasteiger partial charge in [-0.1, -0.05) is 6.92 Å². The molecule has 8 heteroatoms. The molecule has 1 aromatic carbocycles. The minimum atomic E-state index is -0.703. The molecule has 1 aliphatic rings. The predicted octanol–water partition coefficient (Wildman–Crippen LogP) is 2.96. The Morgan fingerprint density at radius 1 is 1.24 bits per heavy atom. The maximum Gasteiger partial charge on any atom is 0.336 e. The molecule has 8 nitrogen and oxygen atoms in total. The fourth-order valence-corrected chi connectivity index (χ4v) is 4.00. The first-order valence-electron chi connectivity index (χ1n) is 9.49. The second-order valence-electron chi connectivity index (χ2n) is 7.82. The molecule has 3 atom stereocenters. The van der Waals surface area contributed by atoms with Crippen LogP contribution in [-0.2, 0) is 20.9 Å². The Labute approximate surface area is 167 Å². The fraction of sp³-hybridized carbons (Fsp3) is 0.476. The number of carbonyl (C=O) groups is 2. The summed E-state index contributed by atoms with van der Waals surface area (Å²) < 4.78 is 10.5. The summed E-state index contributed by atoms with van der Waals surface area (Å²) in [4.78, 5) is 46.8. The van der Waals surface area contributed by atoms with Gasteiger partial charge >= 0.3 is 11.6 Å². The third kappa shape index (κ3) is 4.52. The summed E-state index contributed by atoms with van der Waals surface area (Å²) in [5.41, 5.74) is 2.36. The Bertz CT molecular complexity index is 1040. The zero-order valence-corrected chi connectivity index (χ0v) is 16.6. The summed E-state index contributed by atoms with van der Waals surface area (Å²) in [5.74, 6) is -2.07. The number of fused-ring (bicyclic) bond motifs is 1. The average Bonchev–Trinajstić information content (AvgIpc) is 2.87. The van der Waals surface area contributed by atoms with E-state index in [1.165, 1.54) is 6.07 Å². The summed E-state index contributed by atoms with van der Waals surface area (Å²) >= 11 is 0. The van der Waals surface area contributed by atoms with Crippen LogP contribution >= 0.6 is 0 Å². The second kappa shape index (κ2) is 8.14. The van der Waals surface area contributed by atoms with E-state index < -0.39 is 28.4 Å². The van der Waals surface area contributed by atoms with Crippen molar-refractivity contribution in [2.45, 2.75) is 40.2 Å². The third-order valence-electron chi connectivity index (χ3n) is 5.76. The summed E-state index contributed by atoms with van der Waals surface area (Å²) in [6.07, 6.45) is 0.0403. The van der Waals surface area contributed by atoms with Crippen molar-refractivity contribution in [2.75, 3.05) is 6.54 Å². The van der Waals surface area contributed by atoms with Crippen LogP contribution in [-0.4, -0.2) is 23.2 Å². The maximum atomic E-state index is 12.4. The molecule has 29 heavy (non-hydrogen) atoms. The van der Waals surface area contributed by atoms with Gasteiger partial charge in [0.2, 0.25) is 6.54 Å². The van der Waals surface area contributed by atoms with E-state index in [4.69, 9.17) is 9.15 Å². The number of ketones is 1. The van der Waals surface area contributed by atoms with E-state index in [9.17, 15) is 24.5 Å². The van der Waals surface area contributed by atoms with Gasteiger partial charge in [-0.3, -0.25) is 19.7 Å². The molecule has 0 N–H and O–H groups in total. The summed E-state index contributed by atoms with van der Waals surface area (Å²) in [6.45, 7) is 5.14. The number of nitrogens with zero attached hydrogens (tertiary/aromatic N) is 1. The quantitative estimate of drug-likeness (QED) is 0.316. The van der Waals surface area contributed by atoms with Gasteiger partial charge in [-0.05, 0) is 43.0 Å². The molecular formula is C21H23NO7. The molecule has 0 spiro atoms. The molecule has 0 unspecified atom stereocenters. The molecule has 154 valence electrons. The molecule has 0 saturated heterocycles. The number of ether oxygens (including phenoxy) is 1. The van der Waals surface area contributed by atoms with Crippen LogP contribution in [0.25, 0.3) is 11.0 Å². The molecule has 3 rings (SSSR count). The van der Waals surface area contributed by atoms with Crippen LogP contribution in [0.3, 0.4) is 0 Å². The van der Waals surface area contributed by atoms with E-state index in [0.29, 0.717) is 16.5 Å². The molecule has 0 amide bonds. The predicted molar refractivity (Wildman–Crippen MR) is 104 cm³/mol. The smallest absolute Gasteiger partial charge is 0.336 e. The Morgan fingerprint density at radius 3 is 2.62 bits per heavy atom. The molecule has 1 fully saturated rings. The van der Waals surface area contributed by atoms with Crippen molar-refractivity contribution in [1.29, 1.82) is 0 Å². The number of nitro groups is 1. The number of rotatable bonds is 6. The van der Waals surface area contributed by atoms with Crippen LogP contribution < -0.4 is 5.63 Å². The van der Waals surface area contributed by atoms with Crippen LogP contribution in [0.2, 0.25) is 0 Å². The van der Waals surface area contributed by atoms with E-state index in [0.717, 1.165) is 11.1 Å². The number of carbonyl (C=O) groups excluding carboxylic acids is 2. The van der Waals surface area contributed by atoms with Crippen molar-refractivity contribution in [1.82, 2.24) is 0 Å². The van der Waals surface area contributed by atoms with E-state index in [1.54, 1.807) is 13.0 Å². The van der Waals surface area contributed by atoms with Crippen molar-refractivity contribution < 1.29 is 23.7 Å². The minimum absolute atomic E-state index is 0.139. The Morgan fingerprint density at radius 2 is 1.93 bits per heavy atom. The van der Waals surface area contributed by atoms with Gasteiger partial charge in [-0.2, -0.15) is 0 Å². The van der Waals surface area contributed by atoms with Gasteiger partial charge in [0, 0.05) is 40.2 Å². The van der Waals surface area contributed by atoms with Crippen molar-refractivity contribution >= 4 is 22.7 Å². The third-order valence-corrected chi connectivity index (χ3v) is 5.76. The van der Waals surface area contributed by atoms with E-state index in [2.05, 4.69) is 0 Å². The largest absolute Gasteiger partial charge is 0.461 e. The molecule has 2 aromatic rings. The first-order valence-corrected chi connectivity index (χ1v) is 9.49. The Hall–Kier alpha value is -3.03. The Balaban J connectivity index is 1.74. The topological polar surface area (TPSA) is 117 Å². The lowest BCUT2D eigenvalue weighted by Crippen LogP contribution is -2.27. The van der Waals surface area contributed by atoms with Crippen LogP contribution in [0.1, 0.15) is 36.5 Å². The molecule has 1 aromatic heterocycles. The highest BCUT2D eigenvalue weighted by atomic mass is 16.6. The number of hydrogen-bond acceptors (Lipinski definition) is 7. The number of hydrogen-bond donors (Lipinski definition) is 0. The summed E-state index contributed by atoms with van der Waals surface area (Å²) in [7, 11) is 0. The highest BCUT2D eigenvalue weighted by Gasteiger charge is 2.44. The van der Waals surface area contributed by atoms with Gasteiger partial charge in [0.15, 0.2) is 0 Å². The minimum Gasteiger partial charge on any atom is -0.461 e. The highest BCUT2D eigenvalue weighted by Crippen LogP contribution is 2.36. The number of aryl methyl sites for hydroxylation is 2. The fourth-order valence-electron chi connectivity index (χ4n) is 4.00. The van der Waals surface area contributed by atoms with Crippen molar-refractivity contribution in [3.05, 3.63) is 55.4 Å². The van der Waals surface area contributed by atoms with E-state index in [-0.39, 0.29) is 37.7 Å². The van der Waals surface area contributed by atoms with E-state index in [1.807, 2.05) is 19.9 Å². The maximum absolute atomic E-state index is 12.4. The molecule has 1 saturated carbocycles. The number of benzene rings is 1. The average molecular weight is 401 g/mol. The molecular weight excluding hydrogens is 378 g/mol. The monoisotopic (exact) mass is 401 g/mol. The lowest BCUT2D eigenvalue weighted by Gasteiger charge is -2.17. The van der Waals surface area contributed by atoms with Gasteiger partial charge in [0.05, 0.1) is 6.42 Å².